The quantitative estimate of drug-likeness (QED) is 0.864. The Labute approximate surface area is 140 Å². The first kappa shape index (κ1) is 14.9. The number of ether oxygens (including phenoxy) is 1. The van der Waals surface area contributed by atoms with E-state index < -0.39 is 11.6 Å². The highest BCUT2D eigenvalue weighted by Crippen LogP contribution is 2.30. The molecule has 0 unspecified atom stereocenters. The molecule has 0 saturated heterocycles. The predicted octanol–water partition coefficient (Wildman–Crippen LogP) is 3.29. The van der Waals surface area contributed by atoms with Crippen LogP contribution in [0.25, 0.3) is 0 Å². The van der Waals surface area contributed by atoms with E-state index in [9.17, 15) is 9.59 Å². The first-order valence-corrected chi connectivity index (χ1v) is 8.30. The van der Waals surface area contributed by atoms with E-state index in [1.54, 1.807) is 19.1 Å². The van der Waals surface area contributed by atoms with Crippen molar-refractivity contribution in [2.75, 3.05) is 5.32 Å². The number of carbonyl (C=O) groups excluding carboxylic acids is 2. The lowest BCUT2D eigenvalue weighted by Crippen LogP contribution is -2.48. The molecule has 0 spiro atoms. The van der Waals surface area contributed by atoms with Gasteiger partial charge in [-0.3, -0.25) is 4.79 Å². The highest BCUT2D eigenvalue weighted by Gasteiger charge is 2.42. The Balaban J connectivity index is 1.57. The van der Waals surface area contributed by atoms with Gasteiger partial charge >= 0.3 is 5.97 Å². The Hall–Kier alpha value is -2.62. The van der Waals surface area contributed by atoms with Gasteiger partial charge in [-0.25, -0.2) is 4.79 Å². The zero-order chi connectivity index (χ0) is 16.7. The average Bonchev–Trinajstić information content (AvgIpc) is 3.02. The lowest BCUT2D eigenvalue weighted by molar-refractivity contribution is -0.134. The maximum absolute atomic E-state index is 12.8. The fraction of sp³-hybridized carbons (Fsp3) is 0.300. The lowest BCUT2D eigenvalue weighted by Gasteiger charge is -2.33. The summed E-state index contributed by atoms with van der Waals surface area (Å²) in [5, 5.41) is 2.92. The normalized spacial score (nSPS) is 21.6. The summed E-state index contributed by atoms with van der Waals surface area (Å²) in [5.74, 6) is -0.730. The minimum absolute atomic E-state index is 0.289. The second-order valence-electron chi connectivity index (χ2n) is 6.75. The van der Waals surface area contributed by atoms with Crippen molar-refractivity contribution >= 4 is 17.6 Å². The molecule has 1 aliphatic carbocycles. The maximum Gasteiger partial charge on any atom is 0.339 e. The Morgan fingerprint density at radius 2 is 1.88 bits per heavy atom. The predicted molar refractivity (Wildman–Crippen MR) is 91.1 cm³/mol. The monoisotopic (exact) mass is 321 g/mol. The molecule has 4 rings (SSSR count). The van der Waals surface area contributed by atoms with Crippen LogP contribution in [0.15, 0.2) is 42.5 Å². The van der Waals surface area contributed by atoms with Crippen LogP contribution in [0.3, 0.4) is 0 Å². The molecule has 0 bridgehead atoms. The van der Waals surface area contributed by atoms with Gasteiger partial charge in [-0.15, -0.1) is 0 Å². The van der Waals surface area contributed by atoms with Crippen molar-refractivity contribution in [3.8, 4) is 0 Å². The zero-order valence-electron chi connectivity index (χ0n) is 13.6. The number of nitrogens with one attached hydrogen (secondary N) is 1. The molecule has 1 amide bonds. The topological polar surface area (TPSA) is 55.4 Å². The molecule has 1 atom stereocenters. The van der Waals surface area contributed by atoms with Gasteiger partial charge in [0.15, 0.2) is 5.60 Å². The molecule has 1 aliphatic heterocycles. The highest BCUT2D eigenvalue weighted by molar-refractivity contribution is 6.02. The third-order valence-electron chi connectivity index (χ3n) is 4.92. The number of esters is 1. The van der Waals surface area contributed by atoms with Crippen LogP contribution in [-0.4, -0.2) is 17.5 Å². The van der Waals surface area contributed by atoms with Crippen molar-refractivity contribution in [1.29, 1.82) is 0 Å². The highest BCUT2D eigenvalue weighted by atomic mass is 16.6. The molecule has 4 nitrogen and oxygen atoms in total. The van der Waals surface area contributed by atoms with Gasteiger partial charge in [0.2, 0.25) is 0 Å². The van der Waals surface area contributed by atoms with Crippen molar-refractivity contribution in [3.63, 3.8) is 0 Å². The van der Waals surface area contributed by atoms with Gasteiger partial charge in [0.25, 0.3) is 5.91 Å². The minimum atomic E-state index is -1.19. The van der Waals surface area contributed by atoms with Crippen molar-refractivity contribution in [2.45, 2.75) is 38.2 Å². The van der Waals surface area contributed by atoms with Gasteiger partial charge in [0.05, 0.1) is 5.56 Å². The van der Waals surface area contributed by atoms with Gasteiger partial charge in [-0.1, -0.05) is 24.3 Å². The van der Waals surface area contributed by atoms with Crippen molar-refractivity contribution in [1.82, 2.24) is 0 Å². The first-order valence-electron chi connectivity index (χ1n) is 8.30. The molecule has 2 aromatic carbocycles. The smallest absolute Gasteiger partial charge is 0.339 e. The summed E-state index contributed by atoms with van der Waals surface area (Å²) in [6.45, 7) is 1.67. The first-order chi connectivity index (χ1) is 11.5. The number of aryl methyl sites for hydroxylation is 2. The van der Waals surface area contributed by atoms with Crippen LogP contribution in [0.5, 0.6) is 0 Å². The number of carbonyl (C=O) groups is 2. The van der Waals surface area contributed by atoms with E-state index in [1.165, 1.54) is 17.5 Å². The molecule has 2 aliphatic rings. The fourth-order valence-corrected chi connectivity index (χ4v) is 3.57. The van der Waals surface area contributed by atoms with E-state index >= 15 is 0 Å². The molecule has 0 radical (unpaired) electrons. The second kappa shape index (κ2) is 5.48. The van der Waals surface area contributed by atoms with Crippen LogP contribution in [0.1, 0.15) is 40.4 Å². The maximum atomic E-state index is 12.8. The summed E-state index contributed by atoms with van der Waals surface area (Å²) in [4.78, 5) is 25.0. The van der Waals surface area contributed by atoms with E-state index in [4.69, 9.17) is 4.74 Å². The zero-order valence-corrected chi connectivity index (χ0v) is 13.6. The Bertz CT molecular complexity index is 843. The summed E-state index contributed by atoms with van der Waals surface area (Å²) < 4.78 is 5.48. The van der Waals surface area contributed by atoms with Gasteiger partial charge in [0.1, 0.15) is 0 Å². The van der Waals surface area contributed by atoms with Crippen LogP contribution in [0, 0.1) is 0 Å². The Morgan fingerprint density at radius 3 is 2.75 bits per heavy atom. The van der Waals surface area contributed by atoms with Gasteiger partial charge in [-0.05, 0) is 61.1 Å². The summed E-state index contributed by atoms with van der Waals surface area (Å²) in [6.07, 6.45) is 3.71. The van der Waals surface area contributed by atoms with Crippen LogP contribution >= 0.6 is 0 Å². The molecule has 1 heterocycles. The molecular formula is C20H19NO3. The number of benzene rings is 2. The van der Waals surface area contributed by atoms with Crippen molar-refractivity contribution in [3.05, 3.63) is 64.7 Å². The summed E-state index contributed by atoms with van der Waals surface area (Å²) >= 11 is 0. The van der Waals surface area contributed by atoms with Crippen LogP contribution in [-0.2, 0) is 28.8 Å². The average molecular weight is 321 g/mol. The standard InChI is InChI=1S/C20H19NO3/c1-20(12-15-5-2-3-8-17(15)18(22)24-20)19(23)21-16-10-9-13-6-4-7-14(13)11-16/h2-3,5,8-11H,4,6-7,12H2,1H3,(H,21,23)/t20-/m1/s1. The number of fused-ring (bicyclic) bond motifs is 2. The molecule has 122 valence electrons. The number of cyclic esters (lactones) is 1. The van der Waals surface area contributed by atoms with Crippen molar-refractivity contribution < 1.29 is 14.3 Å². The molecule has 0 fully saturated rings. The summed E-state index contributed by atoms with van der Waals surface area (Å²) in [5.41, 5.74) is 3.61. The van der Waals surface area contributed by atoms with E-state index in [0.29, 0.717) is 12.0 Å². The van der Waals surface area contributed by atoms with Gasteiger partial charge < -0.3 is 10.1 Å². The van der Waals surface area contributed by atoms with E-state index in [2.05, 4.69) is 11.4 Å². The third-order valence-corrected chi connectivity index (χ3v) is 4.92. The van der Waals surface area contributed by atoms with Crippen LogP contribution in [0.4, 0.5) is 5.69 Å². The molecule has 2 aromatic rings. The third kappa shape index (κ3) is 2.48. The van der Waals surface area contributed by atoms with Crippen LogP contribution < -0.4 is 5.32 Å². The second-order valence-corrected chi connectivity index (χ2v) is 6.75. The number of rotatable bonds is 2. The molecule has 1 N–H and O–H groups in total. The van der Waals surface area contributed by atoms with E-state index in [0.717, 1.165) is 24.1 Å². The minimum Gasteiger partial charge on any atom is -0.445 e. The van der Waals surface area contributed by atoms with Gasteiger partial charge in [0, 0.05) is 12.1 Å². The van der Waals surface area contributed by atoms with Crippen molar-refractivity contribution in [2.24, 2.45) is 0 Å². The number of amides is 1. The molecule has 24 heavy (non-hydrogen) atoms. The van der Waals surface area contributed by atoms with Gasteiger partial charge in [-0.2, -0.15) is 0 Å². The Kier molecular flexibility index (Phi) is 3.41. The number of hydrogen-bond donors (Lipinski definition) is 1. The number of hydrogen-bond acceptors (Lipinski definition) is 3. The van der Waals surface area contributed by atoms with E-state index in [-0.39, 0.29) is 5.91 Å². The molecule has 4 heteroatoms. The molecule has 0 saturated carbocycles. The summed E-state index contributed by atoms with van der Waals surface area (Å²) in [7, 11) is 0. The fourth-order valence-electron chi connectivity index (χ4n) is 3.57. The molecule has 0 aromatic heterocycles. The van der Waals surface area contributed by atoms with E-state index in [1.807, 2.05) is 24.3 Å². The largest absolute Gasteiger partial charge is 0.445 e. The lowest BCUT2D eigenvalue weighted by atomic mass is 9.89. The van der Waals surface area contributed by atoms with Crippen LogP contribution in [0.2, 0.25) is 0 Å². The number of anilines is 1. The SMILES string of the molecule is C[C@]1(C(=O)Nc2ccc3c(c2)CCC3)Cc2ccccc2C(=O)O1. The summed E-state index contributed by atoms with van der Waals surface area (Å²) in [6, 6.07) is 13.3. The Morgan fingerprint density at radius 1 is 1.08 bits per heavy atom. The molecular weight excluding hydrogens is 302 g/mol.